The Balaban J connectivity index is 1.38. The average Bonchev–Trinajstić information content (AvgIpc) is 3.48. The van der Waals surface area contributed by atoms with E-state index in [9.17, 15) is 14.4 Å². The summed E-state index contributed by atoms with van der Waals surface area (Å²) in [7, 11) is 0. The number of rotatable bonds is 5. The number of carbonyl (C=O) groups excluding carboxylic acids is 2. The summed E-state index contributed by atoms with van der Waals surface area (Å²) in [4.78, 5) is 37.2. The second kappa shape index (κ2) is 8.19. The summed E-state index contributed by atoms with van der Waals surface area (Å²) in [5, 5.41) is 3.42. The zero-order valence-electron chi connectivity index (χ0n) is 17.1. The molecule has 160 valence electrons. The monoisotopic (exact) mass is 429 g/mol. The molecule has 0 atom stereocenters. The highest BCUT2D eigenvalue weighted by atomic mass is 16.5. The standard InChI is InChI=1S/C25H19NO6/c27-23-13-17(19-11-15-5-3-6-16(15)12-22(19)32-23)14-31-25(29)18-7-1-2-8-20(18)26-24(28)21-9-4-10-30-21/h1-2,4,7-13H,3,5-6,14H2,(H,26,28). The summed E-state index contributed by atoms with van der Waals surface area (Å²) in [6.07, 6.45) is 4.41. The van der Waals surface area contributed by atoms with Gasteiger partial charge in [0.05, 0.1) is 17.5 Å². The molecular weight excluding hydrogens is 410 g/mol. The molecule has 0 aliphatic heterocycles. The molecule has 0 unspecified atom stereocenters. The van der Waals surface area contributed by atoms with Gasteiger partial charge in [0.2, 0.25) is 0 Å². The molecule has 2 heterocycles. The fourth-order valence-electron chi connectivity index (χ4n) is 4.00. The summed E-state index contributed by atoms with van der Waals surface area (Å²) >= 11 is 0. The van der Waals surface area contributed by atoms with Crippen molar-refractivity contribution in [3.8, 4) is 0 Å². The van der Waals surface area contributed by atoms with Crippen LogP contribution in [0.4, 0.5) is 5.69 Å². The number of esters is 1. The first-order valence-corrected chi connectivity index (χ1v) is 10.3. The Kier molecular flexibility index (Phi) is 5.07. The highest BCUT2D eigenvalue weighted by Gasteiger charge is 2.19. The van der Waals surface area contributed by atoms with Gasteiger partial charge in [0.15, 0.2) is 5.76 Å². The Morgan fingerprint density at radius 1 is 1.00 bits per heavy atom. The van der Waals surface area contributed by atoms with Gasteiger partial charge in [0, 0.05) is 17.0 Å². The number of aryl methyl sites for hydroxylation is 2. The Hall–Kier alpha value is -4.13. The van der Waals surface area contributed by atoms with Gasteiger partial charge in [-0.2, -0.15) is 0 Å². The fraction of sp³-hybridized carbons (Fsp3) is 0.160. The van der Waals surface area contributed by atoms with E-state index in [-0.39, 0.29) is 17.9 Å². The lowest BCUT2D eigenvalue weighted by molar-refractivity contribution is 0.0475. The summed E-state index contributed by atoms with van der Waals surface area (Å²) in [5.74, 6) is -0.971. The molecule has 4 aromatic rings. The normalized spacial score (nSPS) is 12.5. The van der Waals surface area contributed by atoms with Crippen molar-refractivity contribution in [1.29, 1.82) is 0 Å². The maximum absolute atomic E-state index is 12.8. The zero-order valence-corrected chi connectivity index (χ0v) is 17.1. The van der Waals surface area contributed by atoms with Gasteiger partial charge in [0.25, 0.3) is 5.91 Å². The minimum absolute atomic E-state index is 0.0970. The Labute approximate surface area is 182 Å². The summed E-state index contributed by atoms with van der Waals surface area (Å²) in [6.45, 7) is -0.0970. The van der Waals surface area contributed by atoms with Crippen molar-refractivity contribution >= 4 is 28.5 Å². The maximum atomic E-state index is 12.8. The van der Waals surface area contributed by atoms with Gasteiger partial charge in [-0.3, -0.25) is 4.79 Å². The number of carbonyl (C=O) groups is 2. The van der Waals surface area contributed by atoms with E-state index in [4.69, 9.17) is 13.6 Å². The Morgan fingerprint density at radius 2 is 1.81 bits per heavy atom. The van der Waals surface area contributed by atoms with Gasteiger partial charge in [-0.25, -0.2) is 9.59 Å². The van der Waals surface area contributed by atoms with E-state index in [2.05, 4.69) is 5.32 Å². The van der Waals surface area contributed by atoms with Crippen molar-refractivity contribution in [1.82, 2.24) is 0 Å². The summed E-state index contributed by atoms with van der Waals surface area (Å²) in [6, 6.07) is 14.9. The molecule has 2 aromatic heterocycles. The van der Waals surface area contributed by atoms with Gasteiger partial charge in [-0.15, -0.1) is 0 Å². The maximum Gasteiger partial charge on any atom is 0.340 e. The lowest BCUT2D eigenvalue weighted by Crippen LogP contribution is -2.15. The number of para-hydroxylation sites is 1. The van der Waals surface area contributed by atoms with Gasteiger partial charge < -0.3 is 18.9 Å². The fourth-order valence-corrected chi connectivity index (χ4v) is 4.00. The zero-order chi connectivity index (χ0) is 22.1. The van der Waals surface area contributed by atoms with E-state index in [1.807, 2.05) is 12.1 Å². The highest BCUT2D eigenvalue weighted by Crippen LogP contribution is 2.29. The molecule has 0 fully saturated rings. The van der Waals surface area contributed by atoms with Crippen LogP contribution in [0, 0.1) is 0 Å². The molecule has 5 rings (SSSR count). The summed E-state index contributed by atoms with van der Waals surface area (Å²) in [5.41, 5.74) is 3.50. The first kappa shape index (κ1) is 19.8. The molecule has 1 aliphatic carbocycles. The number of furan rings is 1. The number of amides is 1. The minimum Gasteiger partial charge on any atom is -0.459 e. The molecular formula is C25H19NO6. The van der Waals surface area contributed by atoms with Crippen molar-refractivity contribution < 1.29 is 23.2 Å². The third kappa shape index (κ3) is 3.80. The molecule has 0 spiro atoms. The molecule has 1 aliphatic rings. The van der Waals surface area contributed by atoms with Crippen LogP contribution in [0.25, 0.3) is 11.0 Å². The number of hydrogen-bond donors (Lipinski definition) is 1. The van der Waals surface area contributed by atoms with Crippen molar-refractivity contribution in [3.63, 3.8) is 0 Å². The second-order valence-electron chi connectivity index (χ2n) is 7.61. The number of benzene rings is 2. The van der Waals surface area contributed by atoms with Crippen molar-refractivity contribution in [2.45, 2.75) is 25.9 Å². The van der Waals surface area contributed by atoms with Crippen LogP contribution in [0.5, 0.6) is 0 Å². The van der Waals surface area contributed by atoms with Crippen LogP contribution >= 0.6 is 0 Å². The SMILES string of the molecule is O=C(Nc1ccccc1C(=O)OCc1cc(=O)oc2cc3c(cc12)CCC3)c1ccco1. The van der Waals surface area contributed by atoms with Crippen molar-refractivity contribution in [2.24, 2.45) is 0 Å². The average molecular weight is 429 g/mol. The third-order valence-electron chi connectivity index (χ3n) is 5.54. The number of fused-ring (bicyclic) bond motifs is 2. The number of nitrogens with one attached hydrogen (secondary N) is 1. The van der Waals surface area contributed by atoms with Crippen LogP contribution in [0.1, 0.15) is 44.0 Å². The quantitative estimate of drug-likeness (QED) is 0.371. The predicted molar refractivity (Wildman–Crippen MR) is 117 cm³/mol. The van der Waals surface area contributed by atoms with Crippen LogP contribution < -0.4 is 10.9 Å². The largest absolute Gasteiger partial charge is 0.459 e. The third-order valence-corrected chi connectivity index (χ3v) is 5.54. The number of hydrogen-bond acceptors (Lipinski definition) is 6. The van der Waals surface area contributed by atoms with E-state index in [1.54, 1.807) is 30.3 Å². The van der Waals surface area contributed by atoms with E-state index >= 15 is 0 Å². The van der Waals surface area contributed by atoms with Gasteiger partial charge in [-0.05, 0) is 66.8 Å². The Morgan fingerprint density at radius 3 is 2.62 bits per heavy atom. The van der Waals surface area contributed by atoms with Crippen LogP contribution in [0.3, 0.4) is 0 Å². The van der Waals surface area contributed by atoms with Crippen LogP contribution in [-0.4, -0.2) is 11.9 Å². The topological polar surface area (TPSA) is 98.8 Å². The molecule has 0 saturated heterocycles. The van der Waals surface area contributed by atoms with Gasteiger partial charge in [0.1, 0.15) is 12.2 Å². The number of anilines is 1. The van der Waals surface area contributed by atoms with E-state index in [0.717, 1.165) is 24.6 Å². The molecule has 0 bridgehead atoms. The second-order valence-corrected chi connectivity index (χ2v) is 7.61. The highest BCUT2D eigenvalue weighted by molar-refractivity contribution is 6.06. The molecule has 1 N–H and O–H groups in total. The van der Waals surface area contributed by atoms with Crippen molar-refractivity contribution in [2.75, 3.05) is 5.32 Å². The lowest BCUT2D eigenvalue weighted by Gasteiger charge is -2.11. The van der Waals surface area contributed by atoms with Gasteiger partial charge in [-0.1, -0.05) is 12.1 Å². The van der Waals surface area contributed by atoms with E-state index < -0.39 is 17.5 Å². The molecule has 2 aromatic carbocycles. The van der Waals surface area contributed by atoms with Crippen molar-refractivity contribution in [3.05, 3.63) is 99.3 Å². The molecule has 7 heteroatoms. The first-order valence-electron chi connectivity index (χ1n) is 10.3. The smallest absolute Gasteiger partial charge is 0.340 e. The van der Waals surface area contributed by atoms with Crippen LogP contribution in [-0.2, 0) is 24.2 Å². The summed E-state index contributed by atoms with van der Waals surface area (Å²) < 4.78 is 16.0. The number of ether oxygens (including phenoxy) is 1. The molecule has 32 heavy (non-hydrogen) atoms. The van der Waals surface area contributed by atoms with Gasteiger partial charge >= 0.3 is 11.6 Å². The minimum atomic E-state index is -0.622. The van der Waals surface area contributed by atoms with Crippen LogP contribution in [0.15, 0.2) is 74.5 Å². The first-order chi connectivity index (χ1) is 15.6. The molecule has 7 nitrogen and oxygen atoms in total. The van der Waals surface area contributed by atoms with E-state index in [0.29, 0.717) is 16.8 Å². The van der Waals surface area contributed by atoms with Crippen LogP contribution in [0.2, 0.25) is 0 Å². The predicted octanol–water partition coefficient (Wildman–Crippen LogP) is 4.48. The molecule has 1 amide bonds. The molecule has 0 radical (unpaired) electrons. The van der Waals surface area contributed by atoms with E-state index in [1.165, 1.54) is 29.5 Å². The Bertz CT molecular complexity index is 1380. The lowest BCUT2D eigenvalue weighted by atomic mass is 10.0. The molecule has 0 saturated carbocycles.